The van der Waals surface area contributed by atoms with Crippen molar-refractivity contribution in [3.05, 3.63) is 78.4 Å². The van der Waals surface area contributed by atoms with Crippen LogP contribution in [0, 0.1) is 5.92 Å². The van der Waals surface area contributed by atoms with E-state index in [0.29, 0.717) is 32.5 Å². The van der Waals surface area contributed by atoms with Gasteiger partial charge in [-0.05, 0) is 29.9 Å². The highest BCUT2D eigenvalue weighted by atomic mass is 16.2. The van der Waals surface area contributed by atoms with Crippen molar-refractivity contribution in [3.8, 4) is 0 Å². The first kappa shape index (κ1) is 19.0. The van der Waals surface area contributed by atoms with Crippen LogP contribution in [0.2, 0.25) is 0 Å². The zero-order valence-electron chi connectivity index (χ0n) is 16.3. The fraction of sp³-hybridized carbons (Fsp3) is 0.250. The van der Waals surface area contributed by atoms with Crippen LogP contribution >= 0.6 is 0 Å². The minimum absolute atomic E-state index is 0.0414. The van der Waals surface area contributed by atoms with Crippen LogP contribution < -0.4 is 10.6 Å². The Morgan fingerprint density at radius 1 is 0.862 bits per heavy atom. The molecule has 0 saturated carbocycles. The lowest BCUT2D eigenvalue weighted by atomic mass is 9.96. The van der Waals surface area contributed by atoms with E-state index in [1.54, 1.807) is 4.90 Å². The first-order valence-electron chi connectivity index (χ1n) is 10.1. The van der Waals surface area contributed by atoms with Crippen molar-refractivity contribution in [2.45, 2.75) is 19.4 Å². The monoisotopic (exact) mass is 387 g/mol. The zero-order valence-corrected chi connectivity index (χ0v) is 16.3. The number of rotatable bonds is 4. The van der Waals surface area contributed by atoms with Crippen LogP contribution in [0.15, 0.2) is 72.8 Å². The second-order valence-corrected chi connectivity index (χ2v) is 7.42. The molecule has 0 atom stereocenters. The molecule has 148 valence electrons. The van der Waals surface area contributed by atoms with Crippen LogP contribution in [0.3, 0.4) is 0 Å². The maximum atomic E-state index is 12.7. The van der Waals surface area contributed by atoms with Gasteiger partial charge in [0.05, 0.1) is 5.69 Å². The summed E-state index contributed by atoms with van der Waals surface area (Å²) < 4.78 is 0. The molecule has 2 N–H and O–H groups in total. The number of likely N-dealkylation sites (tertiary alicyclic amines) is 1. The summed E-state index contributed by atoms with van der Waals surface area (Å²) >= 11 is 0. The van der Waals surface area contributed by atoms with Gasteiger partial charge in [0, 0.05) is 30.9 Å². The van der Waals surface area contributed by atoms with E-state index in [-0.39, 0.29) is 17.9 Å². The fourth-order valence-corrected chi connectivity index (χ4v) is 3.80. The average Bonchev–Trinajstić information content (AvgIpc) is 2.78. The Kier molecular flexibility index (Phi) is 5.75. The first-order valence-corrected chi connectivity index (χ1v) is 10.1. The SMILES string of the molecule is O=C(NCc1ccccc1)C1CCN(C(=O)Nc2cccc3ccccc23)CC1. The Labute approximate surface area is 170 Å². The second-order valence-electron chi connectivity index (χ2n) is 7.42. The molecule has 0 spiro atoms. The van der Waals surface area contributed by atoms with E-state index >= 15 is 0 Å². The lowest BCUT2D eigenvalue weighted by Crippen LogP contribution is -2.44. The Bertz CT molecular complexity index is 990. The molecule has 3 aromatic rings. The molecule has 0 aliphatic carbocycles. The van der Waals surface area contributed by atoms with Crippen LogP contribution in [-0.2, 0) is 11.3 Å². The third-order valence-electron chi connectivity index (χ3n) is 5.49. The number of piperidine rings is 1. The average molecular weight is 387 g/mol. The highest BCUT2D eigenvalue weighted by Gasteiger charge is 2.27. The van der Waals surface area contributed by atoms with E-state index in [4.69, 9.17) is 0 Å². The van der Waals surface area contributed by atoms with Gasteiger partial charge in [-0.1, -0.05) is 66.7 Å². The van der Waals surface area contributed by atoms with E-state index in [9.17, 15) is 9.59 Å². The number of benzene rings is 3. The van der Waals surface area contributed by atoms with E-state index < -0.39 is 0 Å². The quantitative estimate of drug-likeness (QED) is 0.697. The van der Waals surface area contributed by atoms with Crippen molar-refractivity contribution in [3.63, 3.8) is 0 Å². The molecule has 1 aliphatic rings. The van der Waals surface area contributed by atoms with Crippen LogP contribution in [-0.4, -0.2) is 29.9 Å². The van der Waals surface area contributed by atoms with Gasteiger partial charge in [-0.15, -0.1) is 0 Å². The molecule has 1 aliphatic heterocycles. The summed E-state index contributed by atoms with van der Waals surface area (Å²) in [5.74, 6) is 0.0308. The largest absolute Gasteiger partial charge is 0.352 e. The Balaban J connectivity index is 1.30. The molecule has 1 saturated heterocycles. The van der Waals surface area contributed by atoms with Gasteiger partial charge in [0.25, 0.3) is 0 Å². The molecule has 0 aromatic heterocycles. The maximum Gasteiger partial charge on any atom is 0.321 e. The minimum Gasteiger partial charge on any atom is -0.352 e. The predicted octanol–water partition coefficient (Wildman–Crippen LogP) is 4.40. The highest BCUT2D eigenvalue weighted by molar-refractivity contribution is 6.01. The van der Waals surface area contributed by atoms with Gasteiger partial charge < -0.3 is 15.5 Å². The zero-order chi connectivity index (χ0) is 20.1. The number of amides is 3. The van der Waals surface area contributed by atoms with Crippen molar-refractivity contribution in [2.24, 2.45) is 5.92 Å². The van der Waals surface area contributed by atoms with Gasteiger partial charge in [0.15, 0.2) is 0 Å². The Morgan fingerprint density at radius 3 is 2.34 bits per heavy atom. The van der Waals surface area contributed by atoms with Gasteiger partial charge >= 0.3 is 6.03 Å². The van der Waals surface area contributed by atoms with Gasteiger partial charge in [-0.25, -0.2) is 4.79 Å². The Hall–Kier alpha value is -3.34. The first-order chi connectivity index (χ1) is 14.2. The minimum atomic E-state index is -0.107. The molecule has 0 bridgehead atoms. The number of anilines is 1. The van der Waals surface area contributed by atoms with Crippen molar-refractivity contribution >= 4 is 28.4 Å². The lowest BCUT2D eigenvalue weighted by Gasteiger charge is -2.31. The summed E-state index contributed by atoms with van der Waals surface area (Å²) in [6.07, 6.45) is 1.37. The van der Waals surface area contributed by atoms with E-state index in [1.165, 1.54) is 0 Å². The van der Waals surface area contributed by atoms with E-state index in [2.05, 4.69) is 10.6 Å². The molecule has 5 nitrogen and oxygen atoms in total. The second kappa shape index (κ2) is 8.78. The topological polar surface area (TPSA) is 61.4 Å². The molecular weight excluding hydrogens is 362 g/mol. The van der Waals surface area contributed by atoms with Crippen LogP contribution in [0.1, 0.15) is 18.4 Å². The fourth-order valence-electron chi connectivity index (χ4n) is 3.80. The third-order valence-corrected chi connectivity index (χ3v) is 5.49. The van der Waals surface area contributed by atoms with Crippen molar-refractivity contribution in [2.75, 3.05) is 18.4 Å². The predicted molar refractivity (Wildman–Crippen MR) is 116 cm³/mol. The number of hydrogen-bond acceptors (Lipinski definition) is 2. The van der Waals surface area contributed by atoms with Gasteiger partial charge in [-0.3, -0.25) is 4.79 Å². The summed E-state index contributed by atoms with van der Waals surface area (Å²) in [5.41, 5.74) is 1.91. The molecule has 0 radical (unpaired) electrons. The summed E-state index contributed by atoms with van der Waals surface area (Å²) in [5, 5.41) is 8.17. The van der Waals surface area contributed by atoms with Crippen molar-refractivity contribution in [1.29, 1.82) is 0 Å². The highest BCUT2D eigenvalue weighted by Crippen LogP contribution is 2.24. The van der Waals surface area contributed by atoms with Gasteiger partial charge in [-0.2, -0.15) is 0 Å². The molecule has 3 amide bonds. The molecule has 5 heteroatoms. The van der Waals surface area contributed by atoms with Gasteiger partial charge in [0.2, 0.25) is 5.91 Å². The maximum absolute atomic E-state index is 12.7. The van der Waals surface area contributed by atoms with E-state index in [1.807, 2.05) is 72.8 Å². The number of hydrogen-bond donors (Lipinski definition) is 2. The number of carbonyl (C=O) groups excluding carboxylic acids is 2. The number of urea groups is 1. The van der Waals surface area contributed by atoms with Crippen LogP contribution in [0.4, 0.5) is 10.5 Å². The summed E-state index contributed by atoms with van der Waals surface area (Å²) in [6, 6.07) is 23.7. The summed E-state index contributed by atoms with van der Waals surface area (Å²) in [4.78, 5) is 27.0. The molecule has 4 rings (SSSR count). The normalized spacial score (nSPS) is 14.6. The number of nitrogens with zero attached hydrogens (tertiary/aromatic N) is 1. The number of carbonyl (C=O) groups is 2. The summed E-state index contributed by atoms with van der Waals surface area (Å²) in [7, 11) is 0. The third kappa shape index (κ3) is 4.57. The Morgan fingerprint density at radius 2 is 1.55 bits per heavy atom. The van der Waals surface area contributed by atoms with Crippen LogP contribution in [0.25, 0.3) is 10.8 Å². The molecule has 3 aromatic carbocycles. The van der Waals surface area contributed by atoms with Crippen LogP contribution in [0.5, 0.6) is 0 Å². The van der Waals surface area contributed by atoms with Crippen molar-refractivity contribution < 1.29 is 9.59 Å². The molecule has 1 heterocycles. The molecular formula is C24H25N3O2. The number of fused-ring (bicyclic) bond motifs is 1. The molecule has 0 unspecified atom stereocenters. The van der Waals surface area contributed by atoms with E-state index in [0.717, 1.165) is 22.0 Å². The summed E-state index contributed by atoms with van der Waals surface area (Å²) in [6.45, 7) is 1.71. The molecule has 1 fully saturated rings. The van der Waals surface area contributed by atoms with Crippen molar-refractivity contribution in [1.82, 2.24) is 10.2 Å². The molecule has 29 heavy (non-hydrogen) atoms. The smallest absolute Gasteiger partial charge is 0.321 e. The lowest BCUT2D eigenvalue weighted by molar-refractivity contribution is -0.126. The van der Waals surface area contributed by atoms with Gasteiger partial charge in [0.1, 0.15) is 0 Å². The standard InChI is InChI=1S/C24H25N3O2/c28-23(25-17-18-7-2-1-3-8-18)20-13-15-27(16-14-20)24(29)26-22-12-6-10-19-9-4-5-11-21(19)22/h1-12,20H,13-17H2,(H,25,28)(H,26,29). The number of nitrogens with one attached hydrogen (secondary N) is 2.